The van der Waals surface area contributed by atoms with Gasteiger partial charge in [0.1, 0.15) is 5.84 Å². The third-order valence-electron chi connectivity index (χ3n) is 4.12. The fourth-order valence-electron chi connectivity index (χ4n) is 2.97. The Morgan fingerprint density at radius 1 is 1.00 bits per heavy atom. The lowest BCUT2D eigenvalue weighted by atomic mass is 9.88. The van der Waals surface area contributed by atoms with Crippen LogP contribution < -0.4 is 5.73 Å². The van der Waals surface area contributed by atoms with Crippen molar-refractivity contribution in [2.75, 3.05) is 0 Å². The third kappa shape index (κ3) is 2.73. The molecule has 1 aliphatic rings. The summed E-state index contributed by atoms with van der Waals surface area (Å²) in [7, 11) is 0. The molecular weight excluding hydrogens is 312 g/mol. The first-order chi connectivity index (χ1) is 9.75. The van der Waals surface area contributed by atoms with E-state index < -0.39 is 0 Å². The largest absolute Gasteiger partial charge is 0.387 e. The van der Waals surface area contributed by atoms with Crippen molar-refractivity contribution in [1.29, 1.82) is 0 Å². The minimum absolute atomic E-state index is 0.464. The van der Waals surface area contributed by atoms with Gasteiger partial charge in [0.2, 0.25) is 0 Å². The normalized spacial score (nSPS) is 17.6. The molecule has 2 nitrogen and oxygen atoms in total. The van der Waals surface area contributed by atoms with Crippen LogP contribution in [0.2, 0.25) is 0 Å². The number of halogens is 1. The Morgan fingerprint density at radius 2 is 1.70 bits per heavy atom. The van der Waals surface area contributed by atoms with Gasteiger partial charge in [-0.25, -0.2) is 4.99 Å². The van der Waals surface area contributed by atoms with E-state index in [0.717, 1.165) is 21.4 Å². The molecule has 1 fully saturated rings. The van der Waals surface area contributed by atoms with Gasteiger partial charge in [-0.15, -0.1) is 0 Å². The van der Waals surface area contributed by atoms with E-state index in [1.165, 1.54) is 37.5 Å². The maximum Gasteiger partial charge on any atom is 0.103 e. The second-order valence-electron chi connectivity index (χ2n) is 5.48. The van der Waals surface area contributed by atoms with Gasteiger partial charge >= 0.3 is 0 Å². The number of hydrogen-bond donors (Lipinski definition) is 1. The van der Waals surface area contributed by atoms with E-state index in [1.54, 1.807) is 0 Å². The Morgan fingerprint density at radius 3 is 2.45 bits per heavy atom. The molecule has 0 aliphatic heterocycles. The molecule has 3 rings (SSSR count). The van der Waals surface area contributed by atoms with Gasteiger partial charge in [0.25, 0.3) is 0 Å². The molecule has 0 spiro atoms. The third-order valence-corrected chi connectivity index (χ3v) is 4.81. The number of rotatable bonds is 2. The van der Waals surface area contributed by atoms with E-state index in [2.05, 4.69) is 34.1 Å². The molecule has 20 heavy (non-hydrogen) atoms. The van der Waals surface area contributed by atoms with Crippen molar-refractivity contribution in [3.8, 4) is 0 Å². The van der Waals surface area contributed by atoms with Gasteiger partial charge in [-0.05, 0) is 30.4 Å². The van der Waals surface area contributed by atoms with Crippen molar-refractivity contribution < 1.29 is 0 Å². The topological polar surface area (TPSA) is 38.4 Å². The smallest absolute Gasteiger partial charge is 0.103 e. The zero-order chi connectivity index (χ0) is 13.9. The summed E-state index contributed by atoms with van der Waals surface area (Å²) >= 11 is 3.59. The Bertz CT molecular complexity index is 642. The monoisotopic (exact) mass is 330 g/mol. The van der Waals surface area contributed by atoms with E-state index >= 15 is 0 Å². The second kappa shape index (κ2) is 5.96. The molecule has 0 saturated heterocycles. The first-order valence-electron chi connectivity index (χ1n) is 7.27. The average Bonchev–Trinajstić information content (AvgIpc) is 2.51. The second-order valence-corrected chi connectivity index (χ2v) is 6.34. The molecule has 0 bridgehead atoms. The number of nitrogens with zero attached hydrogens (tertiary/aromatic N) is 1. The summed E-state index contributed by atoms with van der Waals surface area (Å²) in [5.74, 6) is 1.27. The van der Waals surface area contributed by atoms with Crippen LogP contribution in [0.15, 0.2) is 45.9 Å². The maximum atomic E-state index is 6.25. The zero-order valence-electron chi connectivity index (χ0n) is 11.5. The van der Waals surface area contributed by atoms with Crippen molar-refractivity contribution in [3.05, 3.63) is 40.9 Å². The van der Waals surface area contributed by atoms with Crippen molar-refractivity contribution >= 4 is 38.2 Å². The molecule has 0 amide bonds. The zero-order valence-corrected chi connectivity index (χ0v) is 13.1. The van der Waals surface area contributed by atoms with Crippen LogP contribution >= 0.6 is 15.9 Å². The first-order valence-corrected chi connectivity index (χ1v) is 8.06. The van der Waals surface area contributed by atoms with Crippen LogP contribution in [-0.2, 0) is 0 Å². The Balaban J connectivity index is 1.99. The van der Waals surface area contributed by atoms with E-state index in [0.29, 0.717) is 5.92 Å². The highest BCUT2D eigenvalue weighted by atomic mass is 79.9. The molecule has 0 heterocycles. The summed E-state index contributed by atoms with van der Waals surface area (Å²) in [5, 5.41) is 2.34. The Labute approximate surface area is 128 Å². The van der Waals surface area contributed by atoms with Gasteiger partial charge in [0.05, 0.1) is 5.69 Å². The van der Waals surface area contributed by atoms with Crippen LogP contribution in [0.1, 0.15) is 32.1 Å². The summed E-state index contributed by atoms with van der Waals surface area (Å²) in [6.45, 7) is 0. The van der Waals surface area contributed by atoms with Crippen molar-refractivity contribution in [2.45, 2.75) is 32.1 Å². The SMILES string of the molecule is NC(=Nc1ccc(Br)c2ccccc12)C1CCCCC1. The lowest BCUT2D eigenvalue weighted by Gasteiger charge is -2.21. The molecule has 104 valence electrons. The summed E-state index contributed by atoms with van der Waals surface area (Å²) in [6.07, 6.45) is 6.27. The summed E-state index contributed by atoms with van der Waals surface area (Å²) in [5.41, 5.74) is 7.23. The quantitative estimate of drug-likeness (QED) is 0.598. The Kier molecular flexibility index (Phi) is 4.06. The number of hydrogen-bond acceptors (Lipinski definition) is 1. The predicted molar refractivity (Wildman–Crippen MR) is 89.5 cm³/mol. The molecule has 2 N–H and O–H groups in total. The number of aliphatic imine (C=N–C) groups is 1. The van der Waals surface area contributed by atoms with Crippen molar-refractivity contribution in [1.82, 2.24) is 0 Å². The highest BCUT2D eigenvalue weighted by Gasteiger charge is 2.17. The minimum atomic E-state index is 0.464. The highest BCUT2D eigenvalue weighted by Crippen LogP contribution is 2.33. The van der Waals surface area contributed by atoms with Gasteiger partial charge < -0.3 is 5.73 Å². The van der Waals surface area contributed by atoms with Gasteiger partial charge in [0.15, 0.2) is 0 Å². The molecule has 2 aromatic carbocycles. The number of benzene rings is 2. The molecular formula is C17H19BrN2. The molecule has 1 saturated carbocycles. The van der Waals surface area contributed by atoms with Crippen molar-refractivity contribution in [2.24, 2.45) is 16.6 Å². The van der Waals surface area contributed by atoms with E-state index in [4.69, 9.17) is 10.7 Å². The summed E-state index contributed by atoms with van der Waals surface area (Å²) < 4.78 is 1.10. The fourth-order valence-corrected chi connectivity index (χ4v) is 3.45. The van der Waals surface area contributed by atoms with E-state index in [9.17, 15) is 0 Å². The predicted octanol–water partition coefficient (Wildman–Crippen LogP) is 5.17. The van der Waals surface area contributed by atoms with E-state index in [-0.39, 0.29) is 0 Å². The molecule has 1 aliphatic carbocycles. The molecule has 0 atom stereocenters. The van der Waals surface area contributed by atoms with Crippen LogP contribution in [0.25, 0.3) is 10.8 Å². The summed E-state index contributed by atoms with van der Waals surface area (Å²) in [6, 6.07) is 12.4. The number of fused-ring (bicyclic) bond motifs is 1. The van der Waals surface area contributed by atoms with Gasteiger partial charge in [-0.3, -0.25) is 0 Å². The highest BCUT2D eigenvalue weighted by molar-refractivity contribution is 9.10. The van der Waals surface area contributed by atoms with E-state index in [1.807, 2.05) is 18.2 Å². The number of amidine groups is 1. The minimum Gasteiger partial charge on any atom is -0.387 e. The lowest BCUT2D eigenvalue weighted by molar-refractivity contribution is 0.437. The maximum absolute atomic E-state index is 6.25. The molecule has 2 aromatic rings. The van der Waals surface area contributed by atoms with Crippen LogP contribution in [0, 0.1) is 5.92 Å². The first kappa shape index (κ1) is 13.6. The van der Waals surface area contributed by atoms with Gasteiger partial charge in [0, 0.05) is 15.8 Å². The molecule has 0 aromatic heterocycles. The molecule has 0 unspecified atom stereocenters. The lowest BCUT2D eigenvalue weighted by Crippen LogP contribution is -2.25. The van der Waals surface area contributed by atoms with Crippen LogP contribution in [0.3, 0.4) is 0 Å². The number of nitrogens with two attached hydrogens (primary N) is 1. The van der Waals surface area contributed by atoms with Crippen molar-refractivity contribution in [3.63, 3.8) is 0 Å². The molecule has 3 heteroatoms. The van der Waals surface area contributed by atoms with Gasteiger partial charge in [-0.1, -0.05) is 59.5 Å². The molecule has 0 radical (unpaired) electrons. The van der Waals surface area contributed by atoms with Crippen LogP contribution in [0.5, 0.6) is 0 Å². The fraction of sp³-hybridized carbons (Fsp3) is 0.353. The standard InChI is InChI=1S/C17H19BrN2/c18-15-10-11-16(14-9-5-4-8-13(14)15)20-17(19)12-6-2-1-3-7-12/h4-5,8-12H,1-3,6-7H2,(H2,19,20). The van der Waals surface area contributed by atoms with Crippen LogP contribution in [-0.4, -0.2) is 5.84 Å². The Hall–Kier alpha value is -1.35. The van der Waals surface area contributed by atoms with Crippen LogP contribution in [0.4, 0.5) is 5.69 Å². The average molecular weight is 331 g/mol. The van der Waals surface area contributed by atoms with Gasteiger partial charge in [-0.2, -0.15) is 0 Å². The summed E-state index contributed by atoms with van der Waals surface area (Å²) in [4.78, 5) is 4.73.